The Morgan fingerprint density at radius 1 is 1.14 bits per heavy atom. The van der Waals surface area contributed by atoms with Gasteiger partial charge in [0.15, 0.2) is 0 Å². The number of anilines is 2. The summed E-state index contributed by atoms with van der Waals surface area (Å²) in [5, 5.41) is 15.4. The number of carbonyl (C=O) groups excluding carboxylic acids is 1. The number of ether oxygens (including phenoxy) is 1. The lowest BCUT2D eigenvalue weighted by atomic mass is 10.0. The van der Waals surface area contributed by atoms with Gasteiger partial charge in [0.1, 0.15) is 17.5 Å². The summed E-state index contributed by atoms with van der Waals surface area (Å²) in [4.78, 5) is 12.2. The second-order valence-electron chi connectivity index (χ2n) is 4.97. The highest BCUT2D eigenvalue weighted by molar-refractivity contribution is 6.03. The molecule has 0 spiro atoms. The second kappa shape index (κ2) is 5.36. The molecule has 1 aliphatic rings. The van der Waals surface area contributed by atoms with E-state index >= 15 is 0 Å². The Morgan fingerprint density at radius 3 is 2.62 bits per heavy atom. The van der Waals surface area contributed by atoms with Gasteiger partial charge in [-0.15, -0.1) is 0 Å². The summed E-state index contributed by atoms with van der Waals surface area (Å²) in [5.41, 5.74) is 2.58. The SMILES string of the molecule is COc1ccc2c(c1)NC(=O)C(Cc1ccc(O)cc1)N2. The fourth-order valence-corrected chi connectivity index (χ4v) is 2.36. The third kappa shape index (κ3) is 2.76. The van der Waals surface area contributed by atoms with Crippen molar-refractivity contribution in [2.75, 3.05) is 17.7 Å². The van der Waals surface area contributed by atoms with Crippen molar-refractivity contribution in [1.82, 2.24) is 0 Å². The molecule has 2 aromatic rings. The maximum Gasteiger partial charge on any atom is 0.247 e. The predicted molar refractivity (Wildman–Crippen MR) is 80.8 cm³/mol. The van der Waals surface area contributed by atoms with E-state index in [0.29, 0.717) is 12.2 Å². The zero-order valence-corrected chi connectivity index (χ0v) is 11.6. The maximum absolute atomic E-state index is 12.2. The first kappa shape index (κ1) is 13.3. The van der Waals surface area contributed by atoms with Gasteiger partial charge in [-0.1, -0.05) is 12.1 Å². The van der Waals surface area contributed by atoms with Crippen LogP contribution < -0.4 is 15.4 Å². The van der Waals surface area contributed by atoms with Crippen LogP contribution in [0.4, 0.5) is 11.4 Å². The molecule has 0 aliphatic carbocycles. The van der Waals surface area contributed by atoms with E-state index in [1.54, 1.807) is 25.3 Å². The van der Waals surface area contributed by atoms with Gasteiger partial charge in [0.2, 0.25) is 5.91 Å². The van der Waals surface area contributed by atoms with Crippen LogP contribution in [-0.2, 0) is 11.2 Å². The second-order valence-corrected chi connectivity index (χ2v) is 4.97. The summed E-state index contributed by atoms with van der Waals surface area (Å²) in [6, 6.07) is 12.1. The van der Waals surface area contributed by atoms with Crippen LogP contribution in [0.3, 0.4) is 0 Å². The molecule has 5 heteroatoms. The molecule has 0 aromatic heterocycles. The first-order chi connectivity index (χ1) is 10.2. The zero-order chi connectivity index (χ0) is 14.8. The quantitative estimate of drug-likeness (QED) is 0.809. The van der Waals surface area contributed by atoms with Gasteiger partial charge < -0.3 is 20.5 Å². The molecule has 5 nitrogen and oxygen atoms in total. The first-order valence-corrected chi connectivity index (χ1v) is 6.69. The van der Waals surface area contributed by atoms with Gasteiger partial charge in [0.05, 0.1) is 18.5 Å². The lowest BCUT2D eigenvalue weighted by molar-refractivity contribution is -0.117. The summed E-state index contributed by atoms with van der Waals surface area (Å²) in [6.45, 7) is 0. The van der Waals surface area contributed by atoms with Crippen LogP contribution in [0.15, 0.2) is 42.5 Å². The Balaban J connectivity index is 1.79. The van der Waals surface area contributed by atoms with Gasteiger partial charge in [0, 0.05) is 12.5 Å². The molecule has 0 fully saturated rings. The molecule has 0 bridgehead atoms. The third-order valence-electron chi connectivity index (χ3n) is 3.51. The number of phenols is 1. The fourth-order valence-electron chi connectivity index (χ4n) is 2.36. The lowest BCUT2D eigenvalue weighted by Crippen LogP contribution is -2.40. The Labute approximate surface area is 122 Å². The minimum atomic E-state index is -0.338. The fraction of sp³-hybridized carbons (Fsp3) is 0.188. The molecule has 2 aromatic carbocycles. The lowest BCUT2D eigenvalue weighted by Gasteiger charge is -2.27. The van der Waals surface area contributed by atoms with E-state index in [0.717, 1.165) is 16.9 Å². The van der Waals surface area contributed by atoms with Gasteiger partial charge >= 0.3 is 0 Å². The number of rotatable bonds is 3. The van der Waals surface area contributed by atoms with Crippen molar-refractivity contribution in [3.8, 4) is 11.5 Å². The highest BCUT2D eigenvalue weighted by atomic mass is 16.5. The molecule has 0 saturated carbocycles. The molecule has 3 N–H and O–H groups in total. The van der Waals surface area contributed by atoms with E-state index in [9.17, 15) is 9.90 Å². The summed E-state index contributed by atoms with van der Waals surface area (Å²) in [5.74, 6) is 0.842. The van der Waals surface area contributed by atoms with Crippen LogP contribution in [0.1, 0.15) is 5.56 Å². The molecule has 1 atom stereocenters. The van der Waals surface area contributed by atoms with Crippen LogP contribution >= 0.6 is 0 Å². The molecule has 108 valence electrons. The van der Waals surface area contributed by atoms with E-state index in [4.69, 9.17) is 4.74 Å². The van der Waals surface area contributed by atoms with Gasteiger partial charge in [-0.25, -0.2) is 0 Å². The molecule has 3 rings (SSSR count). The van der Waals surface area contributed by atoms with Crippen molar-refractivity contribution in [2.24, 2.45) is 0 Å². The molecule has 21 heavy (non-hydrogen) atoms. The molecular formula is C16H16N2O3. The molecule has 0 saturated heterocycles. The molecule has 1 unspecified atom stereocenters. The van der Waals surface area contributed by atoms with E-state index in [1.165, 1.54) is 0 Å². The minimum Gasteiger partial charge on any atom is -0.508 e. The van der Waals surface area contributed by atoms with E-state index in [2.05, 4.69) is 10.6 Å². The number of hydrogen-bond donors (Lipinski definition) is 3. The van der Waals surface area contributed by atoms with Crippen molar-refractivity contribution in [2.45, 2.75) is 12.5 Å². The molecule has 1 amide bonds. The van der Waals surface area contributed by atoms with Crippen molar-refractivity contribution in [3.05, 3.63) is 48.0 Å². The summed E-state index contributed by atoms with van der Waals surface area (Å²) in [6.07, 6.45) is 0.553. The number of aromatic hydroxyl groups is 1. The monoisotopic (exact) mass is 284 g/mol. The van der Waals surface area contributed by atoms with Crippen LogP contribution in [0, 0.1) is 0 Å². The van der Waals surface area contributed by atoms with Crippen molar-refractivity contribution < 1.29 is 14.6 Å². The molecular weight excluding hydrogens is 268 g/mol. The Hall–Kier alpha value is -2.69. The smallest absolute Gasteiger partial charge is 0.247 e. The Bertz CT molecular complexity index is 668. The zero-order valence-electron chi connectivity index (χ0n) is 11.6. The topological polar surface area (TPSA) is 70.6 Å². The van der Waals surface area contributed by atoms with Crippen LogP contribution in [0.25, 0.3) is 0 Å². The van der Waals surface area contributed by atoms with Crippen LogP contribution in [0.5, 0.6) is 11.5 Å². The van der Waals surface area contributed by atoms with E-state index in [-0.39, 0.29) is 17.7 Å². The maximum atomic E-state index is 12.2. The Kier molecular flexibility index (Phi) is 3.39. The number of methoxy groups -OCH3 is 1. The van der Waals surface area contributed by atoms with Gasteiger partial charge in [0.25, 0.3) is 0 Å². The summed E-state index contributed by atoms with van der Waals surface area (Å²) in [7, 11) is 1.59. The van der Waals surface area contributed by atoms with Crippen molar-refractivity contribution in [1.29, 1.82) is 0 Å². The molecule has 0 radical (unpaired) electrons. The third-order valence-corrected chi connectivity index (χ3v) is 3.51. The van der Waals surface area contributed by atoms with E-state index < -0.39 is 0 Å². The predicted octanol–water partition coefficient (Wildman–Crippen LogP) is 2.38. The number of amides is 1. The van der Waals surface area contributed by atoms with Crippen molar-refractivity contribution >= 4 is 17.3 Å². The Morgan fingerprint density at radius 2 is 1.90 bits per heavy atom. The van der Waals surface area contributed by atoms with Gasteiger partial charge in [-0.2, -0.15) is 0 Å². The number of nitrogens with one attached hydrogen (secondary N) is 2. The minimum absolute atomic E-state index is 0.0798. The number of hydrogen-bond acceptors (Lipinski definition) is 4. The first-order valence-electron chi connectivity index (χ1n) is 6.69. The molecule has 1 aliphatic heterocycles. The number of benzene rings is 2. The average Bonchev–Trinajstić information content (AvgIpc) is 2.50. The normalized spacial score (nSPS) is 16.6. The number of carbonyl (C=O) groups is 1. The van der Waals surface area contributed by atoms with Gasteiger partial charge in [-0.3, -0.25) is 4.79 Å². The highest BCUT2D eigenvalue weighted by Crippen LogP contribution is 2.31. The van der Waals surface area contributed by atoms with Crippen LogP contribution in [0.2, 0.25) is 0 Å². The summed E-state index contributed by atoms with van der Waals surface area (Å²) < 4.78 is 5.15. The van der Waals surface area contributed by atoms with Gasteiger partial charge in [-0.05, 0) is 29.8 Å². The largest absolute Gasteiger partial charge is 0.508 e. The molecule has 1 heterocycles. The number of fused-ring (bicyclic) bond motifs is 1. The highest BCUT2D eigenvalue weighted by Gasteiger charge is 2.25. The van der Waals surface area contributed by atoms with Crippen molar-refractivity contribution in [3.63, 3.8) is 0 Å². The average molecular weight is 284 g/mol. The summed E-state index contributed by atoms with van der Waals surface area (Å²) >= 11 is 0. The van der Waals surface area contributed by atoms with Crippen LogP contribution in [-0.4, -0.2) is 24.2 Å². The van der Waals surface area contributed by atoms with E-state index in [1.807, 2.05) is 24.3 Å². The number of phenolic OH excluding ortho intramolecular Hbond substituents is 1. The standard InChI is InChI=1S/C16H16N2O3/c1-21-12-6-7-13-14(9-12)18-16(20)15(17-13)8-10-2-4-11(19)5-3-10/h2-7,9,15,17,19H,8H2,1H3,(H,18,20).